The summed E-state index contributed by atoms with van der Waals surface area (Å²) in [4.78, 5) is 0.218. The van der Waals surface area contributed by atoms with Crippen LogP contribution in [-0.4, -0.2) is 8.42 Å². The third kappa shape index (κ3) is 2.08. The second kappa shape index (κ2) is 3.12. The Bertz CT molecular complexity index is 435. The lowest BCUT2D eigenvalue weighted by molar-refractivity contribution is 0.597. The van der Waals surface area contributed by atoms with Crippen LogP contribution in [0.4, 0.5) is 0 Å². The van der Waals surface area contributed by atoms with E-state index in [2.05, 4.69) is 0 Å². The molecule has 72 valence electrons. The third-order valence-corrected chi connectivity index (χ3v) is 3.15. The largest absolute Gasteiger partial charge is 0.238 e. The molecule has 2 N–H and O–H groups in total. The smallest absolute Gasteiger partial charge is 0.225 e. The monoisotopic (exact) mass is 199 g/mol. The second-order valence-electron chi connectivity index (χ2n) is 3.25. The van der Waals surface area contributed by atoms with Crippen molar-refractivity contribution < 1.29 is 8.42 Å². The van der Waals surface area contributed by atoms with Crippen LogP contribution in [0.1, 0.15) is 16.7 Å². The number of hydrogen-bond acceptors (Lipinski definition) is 2. The maximum Gasteiger partial charge on any atom is 0.238 e. The van der Waals surface area contributed by atoms with E-state index >= 15 is 0 Å². The first-order valence-corrected chi connectivity index (χ1v) is 5.47. The van der Waals surface area contributed by atoms with Gasteiger partial charge < -0.3 is 0 Å². The first kappa shape index (κ1) is 10.2. The minimum absolute atomic E-state index is 0.218. The summed E-state index contributed by atoms with van der Waals surface area (Å²) in [5, 5.41) is 5.05. The molecule has 3 nitrogen and oxygen atoms in total. The molecule has 0 saturated carbocycles. The number of primary sulfonamides is 1. The molecule has 0 heterocycles. The highest BCUT2D eigenvalue weighted by atomic mass is 32.2. The van der Waals surface area contributed by atoms with Crippen LogP contribution in [0.3, 0.4) is 0 Å². The van der Waals surface area contributed by atoms with Gasteiger partial charge >= 0.3 is 0 Å². The molecule has 1 aromatic carbocycles. The van der Waals surface area contributed by atoms with Crippen LogP contribution < -0.4 is 5.14 Å². The average molecular weight is 199 g/mol. The highest BCUT2D eigenvalue weighted by Gasteiger charge is 2.12. The molecule has 1 aromatic rings. The second-order valence-corrected chi connectivity index (χ2v) is 4.78. The summed E-state index contributed by atoms with van der Waals surface area (Å²) in [6.45, 7) is 5.55. The van der Waals surface area contributed by atoms with Crippen molar-refractivity contribution >= 4 is 10.0 Å². The molecule has 4 heteroatoms. The van der Waals surface area contributed by atoms with E-state index in [4.69, 9.17) is 5.14 Å². The zero-order valence-corrected chi connectivity index (χ0v) is 8.77. The molecule has 0 saturated heterocycles. The Morgan fingerprint density at radius 2 is 1.46 bits per heavy atom. The van der Waals surface area contributed by atoms with Gasteiger partial charge in [0.25, 0.3) is 0 Å². The Hall–Kier alpha value is -0.870. The maximum absolute atomic E-state index is 11.1. The van der Waals surface area contributed by atoms with Gasteiger partial charge in [-0.3, -0.25) is 0 Å². The van der Waals surface area contributed by atoms with Gasteiger partial charge in [-0.05, 0) is 43.5 Å². The van der Waals surface area contributed by atoms with Crippen molar-refractivity contribution in [2.45, 2.75) is 25.7 Å². The molecule has 0 unspecified atom stereocenters. The summed E-state index contributed by atoms with van der Waals surface area (Å²) in [7, 11) is -3.57. The standard InChI is InChI=1S/C9H13NO2S/c1-6-4-8(3)9(5-7(6)2)13(10,11)12/h4-5H,1-3H3,(H2,10,11,12). The summed E-state index contributed by atoms with van der Waals surface area (Å²) in [6.07, 6.45) is 0. The molecule has 0 atom stereocenters. The van der Waals surface area contributed by atoms with Crippen molar-refractivity contribution in [3.05, 3.63) is 28.8 Å². The lowest BCUT2D eigenvalue weighted by Gasteiger charge is -2.07. The lowest BCUT2D eigenvalue weighted by Crippen LogP contribution is -2.14. The number of rotatable bonds is 1. The van der Waals surface area contributed by atoms with E-state index in [1.54, 1.807) is 13.0 Å². The van der Waals surface area contributed by atoms with E-state index in [1.807, 2.05) is 19.9 Å². The molecule has 0 fully saturated rings. The molecule has 0 aliphatic carbocycles. The highest BCUT2D eigenvalue weighted by molar-refractivity contribution is 7.89. The molecule has 0 aliphatic heterocycles. The number of sulfonamides is 1. The fraction of sp³-hybridized carbons (Fsp3) is 0.333. The van der Waals surface area contributed by atoms with Gasteiger partial charge in [-0.15, -0.1) is 0 Å². The van der Waals surface area contributed by atoms with Gasteiger partial charge in [0.05, 0.1) is 4.90 Å². The molecule has 0 aromatic heterocycles. The van der Waals surface area contributed by atoms with E-state index in [9.17, 15) is 8.42 Å². The first-order valence-electron chi connectivity index (χ1n) is 3.93. The summed E-state index contributed by atoms with van der Waals surface area (Å²) in [6, 6.07) is 3.44. The van der Waals surface area contributed by atoms with E-state index in [0.29, 0.717) is 5.56 Å². The Morgan fingerprint density at radius 3 is 1.92 bits per heavy atom. The SMILES string of the molecule is Cc1cc(C)c(S(N)(=O)=O)cc1C. The van der Waals surface area contributed by atoms with Gasteiger partial charge in [0.1, 0.15) is 0 Å². The number of nitrogens with two attached hydrogens (primary N) is 1. The minimum atomic E-state index is -3.57. The van der Waals surface area contributed by atoms with Crippen LogP contribution >= 0.6 is 0 Å². The summed E-state index contributed by atoms with van der Waals surface area (Å²) >= 11 is 0. The maximum atomic E-state index is 11.1. The molecule has 0 bridgehead atoms. The predicted molar refractivity (Wildman–Crippen MR) is 52.0 cm³/mol. The van der Waals surface area contributed by atoms with Crippen LogP contribution in [0.15, 0.2) is 17.0 Å². The molecule has 0 radical (unpaired) electrons. The van der Waals surface area contributed by atoms with Crippen LogP contribution in [-0.2, 0) is 10.0 Å². The van der Waals surface area contributed by atoms with Gasteiger partial charge in [0.15, 0.2) is 0 Å². The topological polar surface area (TPSA) is 60.2 Å². The van der Waals surface area contributed by atoms with Gasteiger partial charge in [-0.2, -0.15) is 0 Å². The molecule has 0 spiro atoms. The average Bonchev–Trinajstić information content (AvgIpc) is 1.94. The number of benzene rings is 1. The van der Waals surface area contributed by atoms with Crippen LogP contribution in [0.2, 0.25) is 0 Å². The quantitative estimate of drug-likeness (QED) is 0.740. The Labute approximate surface area is 78.6 Å². The zero-order valence-electron chi connectivity index (χ0n) is 7.96. The number of aryl methyl sites for hydroxylation is 3. The first-order chi connectivity index (χ1) is 5.82. The van der Waals surface area contributed by atoms with E-state index in [1.165, 1.54) is 0 Å². The van der Waals surface area contributed by atoms with Crippen LogP contribution in [0.5, 0.6) is 0 Å². The lowest BCUT2D eigenvalue weighted by atomic mass is 10.1. The van der Waals surface area contributed by atoms with Crippen molar-refractivity contribution in [2.24, 2.45) is 5.14 Å². The van der Waals surface area contributed by atoms with Crippen LogP contribution in [0, 0.1) is 20.8 Å². The molecule has 0 aliphatic rings. The van der Waals surface area contributed by atoms with E-state index in [0.717, 1.165) is 11.1 Å². The van der Waals surface area contributed by atoms with Crippen LogP contribution in [0.25, 0.3) is 0 Å². The Kier molecular flexibility index (Phi) is 2.45. The van der Waals surface area contributed by atoms with Crippen molar-refractivity contribution in [1.82, 2.24) is 0 Å². The highest BCUT2D eigenvalue weighted by Crippen LogP contribution is 2.18. The normalized spacial score (nSPS) is 11.7. The summed E-state index contributed by atoms with van der Waals surface area (Å²) in [5.41, 5.74) is 2.71. The minimum Gasteiger partial charge on any atom is -0.225 e. The Morgan fingerprint density at radius 1 is 1.00 bits per heavy atom. The van der Waals surface area contributed by atoms with E-state index in [-0.39, 0.29) is 4.90 Å². The molecular formula is C9H13NO2S. The van der Waals surface area contributed by atoms with Crippen molar-refractivity contribution in [3.63, 3.8) is 0 Å². The molecule has 1 rings (SSSR count). The summed E-state index contributed by atoms with van der Waals surface area (Å²) in [5.74, 6) is 0. The summed E-state index contributed by atoms with van der Waals surface area (Å²) < 4.78 is 22.2. The Balaban J connectivity index is 3.50. The van der Waals surface area contributed by atoms with Gasteiger partial charge in [0, 0.05) is 0 Å². The van der Waals surface area contributed by atoms with Crippen molar-refractivity contribution in [2.75, 3.05) is 0 Å². The third-order valence-electron chi connectivity index (χ3n) is 2.10. The molecule has 13 heavy (non-hydrogen) atoms. The fourth-order valence-corrected chi connectivity index (χ4v) is 2.09. The zero-order chi connectivity index (χ0) is 10.2. The van der Waals surface area contributed by atoms with Crippen molar-refractivity contribution in [3.8, 4) is 0 Å². The van der Waals surface area contributed by atoms with Gasteiger partial charge in [-0.25, -0.2) is 13.6 Å². The molecular weight excluding hydrogens is 186 g/mol. The van der Waals surface area contributed by atoms with Crippen molar-refractivity contribution in [1.29, 1.82) is 0 Å². The van der Waals surface area contributed by atoms with Gasteiger partial charge in [-0.1, -0.05) is 6.07 Å². The number of hydrogen-bond donors (Lipinski definition) is 1. The van der Waals surface area contributed by atoms with Gasteiger partial charge in [0.2, 0.25) is 10.0 Å². The molecule has 0 amide bonds. The predicted octanol–water partition coefficient (Wildman–Crippen LogP) is 1.26. The van der Waals surface area contributed by atoms with E-state index < -0.39 is 10.0 Å². The fourth-order valence-electron chi connectivity index (χ4n) is 1.24.